The Balaban J connectivity index is 3.22. The van der Waals surface area contributed by atoms with Crippen LogP contribution in [0.4, 0.5) is 10.1 Å². The second-order valence-electron chi connectivity index (χ2n) is 2.46. The van der Waals surface area contributed by atoms with Crippen LogP contribution in [0.25, 0.3) is 0 Å². The molecular formula is C8H7FN2O2S. The van der Waals surface area contributed by atoms with Gasteiger partial charge in [-0.3, -0.25) is 0 Å². The first kappa shape index (κ1) is 10.4. The molecule has 0 aliphatic rings. The quantitative estimate of drug-likeness (QED) is 0.644. The Kier molecular flexibility index (Phi) is 2.98. The van der Waals surface area contributed by atoms with Crippen molar-refractivity contribution in [2.24, 2.45) is 5.73 Å². The van der Waals surface area contributed by atoms with Gasteiger partial charge in [-0.25, -0.2) is 9.18 Å². The SMILES string of the molecule is NC(=S)Nc1c(F)cccc1C(=O)O. The molecule has 1 aromatic carbocycles. The van der Waals surface area contributed by atoms with Crippen LogP contribution in [0.15, 0.2) is 18.2 Å². The monoisotopic (exact) mass is 214 g/mol. The van der Waals surface area contributed by atoms with Crippen molar-refractivity contribution in [1.29, 1.82) is 0 Å². The van der Waals surface area contributed by atoms with Crippen molar-refractivity contribution in [3.63, 3.8) is 0 Å². The molecule has 0 fully saturated rings. The Morgan fingerprint density at radius 2 is 2.21 bits per heavy atom. The zero-order chi connectivity index (χ0) is 10.7. The van der Waals surface area contributed by atoms with Crippen molar-refractivity contribution in [2.75, 3.05) is 5.32 Å². The van der Waals surface area contributed by atoms with Gasteiger partial charge in [-0.1, -0.05) is 6.07 Å². The first-order valence-corrected chi connectivity index (χ1v) is 4.01. The van der Waals surface area contributed by atoms with Crippen LogP contribution in [0.1, 0.15) is 10.4 Å². The molecule has 4 N–H and O–H groups in total. The molecule has 0 saturated carbocycles. The van der Waals surface area contributed by atoms with Gasteiger partial charge in [-0.05, 0) is 24.4 Å². The maximum atomic E-state index is 13.1. The topological polar surface area (TPSA) is 75.3 Å². The van der Waals surface area contributed by atoms with Gasteiger partial charge < -0.3 is 16.2 Å². The number of aromatic carboxylic acids is 1. The highest BCUT2D eigenvalue weighted by Crippen LogP contribution is 2.19. The predicted octanol–water partition coefficient (Wildman–Crippen LogP) is 1.18. The summed E-state index contributed by atoms with van der Waals surface area (Å²) in [4.78, 5) is 10.7. The summed E-state index contributed by atoms with van der Waals surface area (Å²) >= 11 is 4.49. The number of carboxylic acid groups (broad SMARTS) is 1. The smallest absolute Gasteiger partial charge is 0.337 e. The summed E-state index contributed by atoms with van der Waals surface area (Å²) in [5.74, 6) is -1.96. The van der Waals surface area contributed by atoms with E-state index in [4.69, 9.17) is 10.8 Å². The van der Waals surface area contributed by atoms with Crippen LogP contribution >= 0.6 is 12.2 Å². The summed E-state index contributed by atoms with van der Waals surface area (Å²) in [6.07, 6.45) is 0. The lowest BCUT2D eigenvalue weighted by Gasteiger charge is -2.08. The molecule has 74 valence electrons. The lowest BCUT2D eigenvalue weighted by Crippen LogP contribution is -2.21. The number of hydrogen-bond donors (Lipinski definition) is 3. The van der Waals surface area contributed by atoms with E-state index in [1.165, 1.54) is 12.1 Å². The van der Waals surface area contributed by atoms with Crippen molar-refractivity contribution in [3.05, 3.63) is 29.6 Å². The molecule has 0 aliphatic heterocycles. The highest BCUT2D eigenvalue weighted by molar-refractivity contribution is 7.80. The second-order valence-corrected chi connectivity index (χ2v) is 2.90. The molecule has 1 aromatic rings. The molecule has 14 heavy (non-hydrogen) atoms. The minimum atomic E-state index is -1.25. The van der Waals surface area contributed by atoms with E-state index < -0.39 is 11.8 Å². The van der Waals surface area contributed by atoms with Crippen LogP contribution in [-0.2, 0) is 0 Å². The van der Waals surface area contributed by atoms with Gasteiger partial charge in [0.05, 0.1) is 11.3 Å². The summed E-state index contributed by atoms with van der Waals surface area (Å²) in [5, 5.41) is 10.8. The average Bonchev–Trinajstić information content (AvgIpc) is 2.07. The highest BCUT2D eigenvalue weighted by atomic mass is 32.1. The van der Waals surface area contributed by atoms with E-state index in [2.05, 4.69) is 17.5 Å². The first-order chi connectivity index (χ1) is 6.52. The first-order valence-electron chi connectivity index (χ1n) is 3.60. The molecule has 0 bridgehead atoms. The lowest BCUT2D eigenvalue weighted by molar-refractivity contribution is 0.0697. The van der Waals surface area contributed by atoms with Crippen LogP contribution in [0, 0.1) is 5.82 Å². The minimum absolute atomic E-state index is 0.183. The molecular weight excluding hydrogens is 207 g/mol. The number of nitrogens with one attached hydrogen (secondary N) is 1. The Hall–Kier alpha value is -1.69. The molecule has 0 aliphatic carbocycles. The Morgan fingerprint density at radius 3 is 2.71 bits per heavy atom. The van der Waals surface area contributed by atoms with Gasteiger partial charge in [0, 0.05) is 0 Å². The van der Waals surface area contributed by atoms with E-state index >= 15 is 0 Å². The predicted molar refractivity (Wildman–Crippen MR) is 53.8 cm³/mol. The van der Waals surface area contributed by atoms with Gasteiger partial charge in [0.25, 0.3) is 0 Å². The third kappa shape index (κ3) is 2.17. The van der Waals surface area contributed by atoms with Crippen molar-refractivity contribution < 1.29 is 14.3 Å². The van der Waals surface area contributed by atoms with Crippen molar-refractivity contribution >= 4 is 29.0 Å². The molecule has 0 heterocycles. The number of halogens is 1. The Bertz CT molecular complexity index is 395. The molecule has 1 rings (SSSR count). The molecule has 0 unspecified atom stereocenters. The Morgan fingerprint density at radius 1 is 1.57 bits per heavy atom. The van der Waals surface area contributed by atoms with Crippen molar-refractivity contribution in [1.82, 2.24) is 0 Å². The van der Waals surface area contributed by atoms with Crippen LogP contribution in [0.2, 0.25) is 0 Å². The van der Waals surface area contributed by atoms with E-state index in [1.54, 1.807) is 0 Å². The third-order valence-electron chi connectivity index (χ3n) is 1.49. The molecule has 0 aromatic heterocycles. The summed E-state index contributed by atoms with van der Waals surface area (Å²) < 4.78 is 13.1. The summed E-state index contributed by atoms with van der Waals surface area (Å²) in [6.45, 7) is 0. The van der Waals surface area contributed by atoms with Crippen LogP contribution in [-0.4, -0.2) is 16.2 Å². The van der Waals surface area contributed by atoms with Gasteiger partial charge in [0.2, 0.25) is 0 Å². The standard InChI is InChI=1S/C8H7FN2O2S/c9-5-3-1-2-4(7(12)13)6(5)11-8(10)14/h1-3H,(H,12,13)(H3,10,11,14). The number of nitrogens with two attached hydrogens (primary N) is 1. The molecule has 4 nitrogen and oxygen atoms in total. The van der Waals surface area contributed by atoms with Crippen LogP contribution in [0.3, 0.4) is 0 Å². The maximum Gasteiger partial charge on any atom is 0.337 e. The van der Waals surface area contributed by atoms with Crippen molar-refractivity contribution in [2.45, 2.75) is 0 Å². The summed E-state index contributed by atoms with van der Waals surface area (Å²) in [7, 11) is 0. The number of carbonyl (C=O) groups is 1. The van der Waals surface area contributed by atoms with E-state index in [0.29, 0.717) is 0 Å². The summed E-state index contributed by atoms with van der Waals surface area (Å²) in [5.41, 5.74) is 4.70. The maximum absolute atomic E-state index is 13.1. The van der Waals surface area contributed by atoms with Crippen LogP contribution in [0.5, 0.6) is 0 Å². The highest BCUT2D eigenvalue weighted by Gasteiger charge is 2.13. The van der Waals surface area contributed by atoms with E-state index in [0.717, 1.165) is 6.07 Å². The van der Waals surface area contributed by atoms with Crippen molar-refractivity contribution in [3.8, 4) is 0 Å². The zero-order valence-electron chi connectivity index (χ0n) is 6.95. The minimum Gasteiger partial charge on any atom is -0.478 e. The molecule has 0 radical (unpaired) electrons. The second kappa shape index (κ2) is 4.01. The fraction of sp³-hybridized carbons (Fsp3) is 0. The van der Waals surface area contributed by atoms with Gasteiger partial charge in [0.1, 0.15) is 5.82 Å². The number of rotatable bonds is 2. The zero-order valence-corrected chi connectivity index (χ0v) is 7.77. The normalized spacial score (nSPS) is 9.50. The van der Waals surface area contributed by atoms with Gasteiger partial charge in [-0.2, -0.15) is 0 Å². The molecule has 0 spiro atoms. The van der Waals surface area contributed by atoms with E-state index in [1.807, 2.05) is 0 Å². The number of benzene rings is 1. The van der Waals surface area contributed by atoms with E-state index in [9.17, 15) is 9.18 Å². The fourth-order valence-electron chi connectivity index (χ4n) is 0.953. The number of para-hydroxylation sites is 1. The number of anilines is 1. The lowest BCUT2D eigenvalue weighted by atomic mass is 10.1. The molecule has 0 saturated heterocycles. The van der Waals surface area contributed by atoms with Crippen LogP contribution < -0.4 is 11.1 Å². The third-order valence-corrected chi connectivity index (χ3v) is 1.59. The van der Waals surface area contributed by atoms with Gasteiger partial charge in [0.15, 0.2) is 5.11 Å². The van der Waals surface area contributed by atoms with E-state index in [-0.39, 0.29) is 16.4 Å². The number of hydrogen-bond acceptors (Lipinski definition) is 2. The number of thiocarbonyl (C=S) groups is 1. The summed E-state index contributed by atoms with van der Waals surface area (Å²) in [6, 6.07) is 3.67. The van der Waals surface area contributed by atoms with Gasteiger partial charge >= 0.3 is 5.97 Å². The average molecular weight is 214 g/mol. The molecule has 0 atom stereocenters. The fourth-order valence-corrected chi connectivity index (χ4v) is 1.05. The largest absolute Gasteiger partial charge is 0.478 e. The molecule has 6 heteroatoms. The van der Waals surface area contributed by atoms with Gasteiger partial charge in [-0.15, -0.1) is 0 Å². The molecule has 0 amide bonds. The Labute approximate surface area is 84.5 Å². The number of carboxylic acids is 1.